The lowest BCUT2D eigenvalue weighted by Crippen LogP contribution is -2.46. The van der Waals surface area contributed by atoms with Gasteiger partial charge in [0.2, 0.25) is 0 Å². The fourth-order valence-electron chi connectivity index (χ4n) is 2.29. The van der Waals surface area contributed by atoms with Crippen LogP contribution in [0.2, 0.25) is 0 Å². The summed E-state index contributed by atoms with van der Waals surface area (Å²) < 4.78 is 5.54. The van der Waals surface area contributed by atoms with E-state index in [1.807, 2.05) is 19.3 Å². The van der Waals surface area contributed by atoms with Gasteiger partial charge in [-0.2, -0.15) is 0 Å². The lowest BCUT2D eigenvalue weighted by Gasteiger charge is -2.37. The molecule has 0 amide bonds. The smallest absolute Gasteiger partial charge is 0.133 e. The van der Waals surface area contributed by atoms with Crippen LogP contribution in [-0.2, 0) is 11.3 Å². The van der Waals surface area contributed by atoms with Gasteiger partial charge in [0.05, 0.1) is 19.3 Å². The second kappa shape index (κ2) is 5.98. The van der Waals surface area contributed by atoms with Crippen LogP contribution < -0.4 is 10.2 Å². The van der Waals surface area contributed by atoms with Gasteiger partial charge in [0.15, 0.2) is 0 Å². The Morgan fingerprint density at radius 1 is 1.59 bits per heavy atom. The van der Waals surface area contributed by atoms with E-state index in [4.69, 9.17) is 4.74 Å². The molecule has 0 saturated carbocycles. The lowest BCUT2D eigenvalue weighted by atomic mass is 10.1. The van der Waals surface area contributed by atoms with Crippen molar-refractivity contribution in [1.29, 1.82) is 0 Å². The van der Waals surface area contributed by atoms with Gasteiger partial charge >= 0.3 is 0 Å². The van der Waals surface area contributed by atoms with Crippen LogP contribution in [0.1, 0.15) is 18.9 Å². The highest BCUT2D eigenvalue weighted by molar-refractivity contribution is 5.48. The molecule has 2 heterocycles. The van der Waals surface area contributed by atoms with Crippen molar-refractivity contribution in [2.75, 3.05) is 31.7 Å². The summed E-state index contributed by atoms with van der Waals surface area (Å²) in [6.07, 6.45) is 2.96. The fourth-order valence-corrected chi connectivity index (χ4v) is 2.29. The molecule has 4 nitrogen and oxygen atoms in total. The van der Waals surface area contributed by atoms with E-state index in [1.165, 1.54) is 5.56 Å². The fraction of sp³-hybridized carbons (Fsp3) is 0.615. The topological polar surface area (TPSA) is 37.4 Å². The van der Waals surface area contributed by atoms with Crippen LogP contribution in [0.25, 0.3) is 0 Å². The largest absolute Gasteiger partial charge is 0.377 e. The number of nitrogens with one attached hydrogen (secondary N) is 1. The first-order valence-electron chi connectivity index (χ1n) is 6.29. The van der Waals surface area contributed by atoms with Crippen molar-refractivity contribution in [1.82, 2.24) is 10.3 Å². The molecule has 2 rings (SSSR count). The Kier molecular flexibility index (Phi) is 4.34. The maximum atomic E-state index is 5.54. The number of hydrogen-bond donors (Lipinski definition) is 1. The van der Waals surface area contributed by atoms with Crippen LogP contribution in [0.3, 0.4) is 0 Å². The molecule has 0 bridgehead atoms. The van der Waals surface area contributed by atoms with Crippen LogP contribution in [-0.4, -0.2) is 37.8 Å². The molecular weight excluding hydrogens is 214 g/mol. The number of morpholine rings is 1. The second-order valence-corrected chi connectivity index (χ2v) is 4.35. The van der Waals surface area contributed by atoms with Crippen LogP contribution in [0, 0.1) is 0 Å². The van der Waals surface area contributed by atoms with Crippen molar-refractivity contribution in [2.24, 2.45) is 0 Å². The number of nitrogens with zero attached hydrogens (tertiary/aromatic N) is 2. The predicted octanol–water partition coefficient (Wildman–Crippen LogP) is 1.42. The van der Waals surface area contributed by atoms with Crippen LogP contribution in [0.5, 0.6) is 0 Å². The molecule has 1 saturated heterocycles. The zero-order chi connectivity index (χ0) is 12.1. The van der Waals surface area contributed by atoms with Crippen molar-refractivity contribution in [2.45, 2.75) is 25.9 Å². The zero-order valence-electron chi connectivity index (χ0n) is 10.6. The summed E-state index contributed by atoms with van der Waals surface area (Å²) >= 11 is 0. The Labute approximate surface area is 103 Å². The van der Waals surface area contributed by atoms with Crippen molar-refractivity contribution in [3.05, 3.63) is 23.9 Å². The molecule has 1 unspecified atom stereocenters. The zero-order valence-corrected chi connectivity index (χ0v) is 10.6. The molecule has 1 aromatic heterocycles. The van der Waals surface area contributed by atoms with Gasteiger partial charge in [0.25, 0.3) is 0 Å². The predicted molar refractivity (Wildman–Crippen MR) is 69.2 cm³/mol. The summed E-state index contributed by atoms with van der Waals surface area (Å²) in [5, 5.41) is 3.20. The van der Waals surface area contributed by atoms with E-state index < -0.39 is 0 Å². The number of pyridine rings is 1. The molecule has 1 aromatic rings. The van der Waals surface area contributed by atoms with E-state index in [-0.39, 0.29) is 0 Å². The first kappa shape index (κ1) is 12.3. The quantitative estimate of drug-likeness (QED) is 0.856. The van der Waals surface area contributed by atoms with Crippen LogP contribution >= 0.6 is 0 Å². The summed E-state index contributed by atoms with van der Waals surface area (Å²) in [6.45, 7) is 5.61. The van der Waals surface area contributed by atoms with Gasteiger partial charge < -0.3 is 15.0 Å². The highest BCUT2D eigenvalue weighted by atomic mass is 16.5. The summed E-state index contributed by atoms with van der Waals surface area (Å²) in [4.78, 5) is 6.93. The standard InChI is InChI=1S/C13H21N3O/c1-3-12-10-17-8-7-16(12)13-11(9-14-2)5-4-6-15-13/h4-6,12,14H,3,7-10H2,1-2H3. The molecule has 17 heavy (non-hydrogen) atoms. The Bertz CT molecular complexity index is 356. The van der Waals surface area contributed by atoms with E-state index in [1.54, 1.807) is 0 Å². The van der Waals surface area contributed by atoms with Crippen LogP contribution in [0.4, 0.5) is 5.82 Å². The van der Waals surface area contributed by atoms with Gasteiger partial charge in [-0.1, -0.05) is 13.0 Å². The van der Waals surface area contributed by atoms with Gasteiger partial charge in [-0.3, -0.25) is 0 Å². The number of hydrogen-bond acceptors (Lipinski definition) is 4. The Hall–Kier alpha value is -1.13. The van der Waals surface area contributed by atoms with Crippen molar-refractivity contribution >= 4 is 5.82 Å². The molecule has 1 atom stereocenters. The Morgan fingerprint density at radius 2 is 2.47 bits per heavy atom. The summed E-state index contributed by atoms with van der Waals surface area (Å²) in [7, 11) is 1.97. The van der Waals surface area contributed by atoms with E-state index in [0.717, 1.165) is 38.5 Å². The highest BCUT2D eigenvalue weighted by Crippen LogP contribution is 2.22. The first-order valence-corrected chi connectivity index (χ1v) is 6.29. The average Bonchev–Trinajstić information content (AvgIpc) is 2.40. The molecule has 0 spiro atoms. The van der Waals surface area contributed by atoms with Gasteiger partial charge in [-0.25, -0.2) is 4.98 Å². The minimum atomic E-state index is 0.453. The van der Waals surface area contributed by atoms with E-state index in [0.29, 0.717) is 6.04 Å². The van der Waals surface area contributed by atoms with Crippen LogP contribution in [0.15, 0.2) is 18.3 Å². The summed E-state index contributed by atoms with van der Waals surface area (Å²) in [5.41, 5.74) is 1.26. The van der Waals surface area contributed by atoms with Crippen molar-refractivity contribution in [3.8, 4) is 0 Å². The minimum Gasteiger partial charge on any atom is -0.377 e. The third-order valence-electron chi connectivity index (χ3n) is 3.21. The Morgan fingerprint density at radius 3 is 3.24 bits per heavy atom. The lowest BCUT2D eigenvalue weighted by molar-refractivity contribution is 0.0924. The van der Waals surface area contributed by atoms with E-state index in [9.17, 15) is 0 Å². The number of anilines is 1. The first-order chi connectivity index (χ1) is 8.36. The second-order valence-electron chi connectivity index (χ2n) is 4.35. The van der Waals surface area contributed by atoms with E-state index in [2.05, 4.69) is 28.2 Å². The number of ether oxygens (including phenoxy) is 1. The summed E-state index contributed by atoms with van der Waals surface area (Å²) in [5.74, 6) is 1.11. The molecule has 0 aliphatic carbocycles. The van der Waals surface area contributed by atoms with Gasteiger partial charge in [0, 0.05) is 24.8 Å². The summed E-state index contributed by atoms with van der Waals surface area (Å²) in [6, 6.07) is 4.59. The molecule has 4 heteroatoms. The monoisotopic (exact) mass is 235 g/mol. The third-order valence-corrected chi connectivity index (χ3v) is 3.21. The molecule has 0 aromatic carbocycles. The van der Waals surface area contributed by atoms with Gasteiger partial charge in [-0.05, 0) is 19.5 Å². The SMILES string of the molecule is CCC1COCCN1c1ncccc1CNC. The third kappa shape index (κ3) is 2.76. The van der Waals surface area contributed by atoms with Crippen molar-refractivity contribution < 1.29 is 4.74 Å². The molecule has 94 valence electrons. The Balaban J connectivity index is 2.24. The maximum absolute atomic E-state index is 5.54. The number of rotatable bonds is 4. The van der Waals surface area contributed by atoms with Gasteiger partial charge in [0.1, 0.15) is 5.82 Å². The molecule has 1 fully saturated rings. The molecule has 1 aliphatic heterocycles. The average molecular weight is 235 g/mol. The normalized spacial score (nSPS) is 20.6. The van der Waals surface area contributed by atoms with E-state index >= 15 is 0 Å². The minimum absolute atomic E-state index is 0.453. The highest BCUT2D eigenvalue weighted by Gasteiger charge is 2.24. The molecule has 1 N–H and O–H groups in total. The van der Waals surface area contributed by atoms with Crippen molar-refractivity contribution in [3.63, 3.8) is 0 Å². The molecule has 0 radical (unpaired) electrons. The molecular formula is C13H21N3O. The maximum Gasteiger partial charge on any atom is 0.133 e. The van der Waals surface area contributed by atoms with Gasteiger partial charge in [-0.15, -0.1) is 0 Å². The molecule has 1 aliphatic rings. The number of aromatic nitrogens is 1.